The molecular formula is C16H18N4O. The summed E-state index contributed by atoms with van der Waals surface area (Å²) < 4.78 is 1.66. The van der Waals surface area contributed by atoms with Gasteiger partial charge in [0.25, 0.3) is 5.56 Å². The van der Waals surface area contributed by atoms with Crippen molar-refractivity contribution < 1.29 is 0 Å². The second-order valence-corrected chi connectivity index (χ2v) is 5.05. The van der Waals surface area contributed by atoms with E-state index in [0.717, 1.165) is 28.8 Å². The summed E-state index contributed by atoms with van der Waals surface area (Å²) in [6.45, 7) is 2.09. The van der Waals surface area contributed by atoms with E-state index >= 15 is 0 Å². The third kappa shape index (κ3) is 2.42. The van der Waals surface area contributed by atoms with Crippen molar-refractivity contribution in [2.45, 2.75) is 19.4 Å². The van der Waals surface area contributed by atoms with Gasteiger partial charge in [-0.2, -0.15) is 0 Å². The molecule has 108 valence electrons. The molecule has 2 heterocycles. The molecule has 5 nitrogen and oxygen atoms in total. The Kier molecular flexibility index (Phi) is 3.48. The average Bonchev–Trinajstić information content (AvgIpc) is 3.03. The minimum Gasteiger partial charge on any atom is -0.374 e. The van der Waals surface area contributed by atoms with Crippen molar-refractivity contribution in [3.8, 4) is 0 Å². The number of rotatable bonds is 4. The molecule has 0 aliphatic rings. The number of hydrogen-bond donors (Lipinski definition) is 2. The maximum absolute atomic E-state index is 12.1. The molecule has 5 heteroatoms. The first-order chi connectivity index (χ1) is 10.2. The standard InChI is InChI=1S/C16H18N4O/c1-3-12(16-17-8-9-18-16)19-13-10-15(21)20(2)14-7-5-4-6-11(13)14/h4-10,12,19H,3H2,1-2H3,(H,17,18). The van der Waals surface area contributed by atoms with E-state index in [2.05, 4.69) is 22.2 Å². The lowest BCUT2D eigenvalue weighted by atomic mass is 10.1. The van der Waals surface area contributed by atoms with Gasteiger partial charge in [0, 0.05) is 36.6 Å². The lowest BCUT2D eigenvalue weighted by molar-refractivity contribution is 0.704. The highest BCUT2D eigenvalue weighted by Gasteiger charge is 2.14. The van der Waals surface area contributed by atoms with Crippen LogP contribution in [0.2, 0.25) is 0 Å². The molecule has 0 fully saturated rings. The molecular weight excluding hydrogens is 264 g/mol. The van der Waals surface area contributed by atoms with Crippen molar-refractivity contribution in [1.82, 2.24) is 14.5 Å². The summed E-state index contributed by atoms with van der Waals surface area (Å²) in [5.41, 5.74) is 1.74. The zero-order chi connectivity index (χ0) is 14.8. The Balaban J connectivity index is 2.08. The van der Waals surface area contributed by atoms with Crippen LogP contribution in [0, 0.1) is 0 Å². The van der Waals surface area contributed by atoms with Crippen molar-refractivity contribution in [3.63, 3.8) is 0 Å². The van der Waals surface area contributed by atoms with Crippen LogP contribution in [0.3, 0.4) is 0 Å². The van der Waals surface area contributed by atoms with Crippen molar-refractivity contribution in [1.29, 1.82) is 0 Å². The summed E-state index contributed by atoms with van der Waals surface area (Å²) in [7, 11) is 1.79. The van der Waals surface area contributed by atoms with Gasteiger partial charge in [-0.3, -0.25) is 4.79 Å². The summed E-state index contributed by atoms with van der Waals surface area (Å²) in [4.78, 5) is 19.5. The number of nitrogens with one attached hydrogen (secondary N) is 2. The van der Waals surface area contributed by atoms with Crippen LogP contribution >= 0.6 is 0 Å². The van der Waals surface area contributed by atoms with Crippen molar-refractivity contribution in [2.24, 2.45) is 7.05 Å². The van der Waals surface area contributed by atoms with Gasteiger partial charge in [0.15, 0.2) is 0 Å². The highest BCUT2D eigenvalue weighted by atomic mass is 16.1. The van der Waals surface area contributed by atoms with Crippen LogP contribution in [0.4, 0.5) is 5.69 Å². The van der Waals surface area contributed by atoms with E-state index in [0.29, 0.717) is 0 Å². The molecule has 0 aliphatic carbocycles. The molecule has 0 aliphatic heterocycles. The van der Waals surface area contributed by atoms with Gasteiger partial charge in [-0.1, -0.05) is 25.1 Å². The quantitative estimate of drug-likeness (QED) is 0.773. The predicted octanol–water partition coefficient (Wildman–Crippen LogP) is 2.82. The highest BCUT2D eigenvalue weighted by molar-refractivity contribution is 5.91. The van der Waals surface area contributed by atoms with Crippen molar-refractivity contribution >= 4 is 16.6 Å². The largest absolute Gasteiger partial charge is 0.374 e. The number of pyridine rings is 1. The molecule has 3 aromatic rings. The van der Waals surface area contributed by atoms with E-state index in [4.69, 9.17) is 0 Å². The Bertz CT molecular complexity index is 805. The molecule has 2 aromatic heterocycles. The van der Waals surface area contributed by atoms with E-state index < -0.39 is 0 Å². The Morgan fingerprint density at radius 2 is 2.19 bits per heavy atom. The molecule has 0 saturated heterocycles. The fourth-order valence-corrected chi connectivity index (χ4v) is 2.55. The van der Waals surface area contributed by atoms with Crippen LogP contribution in [0.1, 0.15) is 25.2 Å². The van der Waals surface area contributed by atoms with Crippen LogP contribution in [-0.2, 0) is 7.05 Å². The van der Waals surface area contributed by atoms with Gasteiger partial charge in [0.05, 0.1) is 11.6 Å². The summed E-state index contributed by atoms with van der Waals surface area (Å²) in [6, 6.07) is 9.59. The SMILES string of the molecule is CCC(Nc1cc(=O)n(C)c2ccccc12)c1ncc[nH]1. The zero-order valence-corrected chi connectivity index (χ0v) is 12.1. The van der Waals surface area contributed by atoms with E-state index in [1.54, 1.807) is 23.9 Å². The molecule has 1 aromatic carbocycles. The molecule has 1 unspecified atom stereocenters. The number of fused-ring (bicyclic) bond motifs is 1. The minimum atomic E-state index is -0.0227. The Morgan fingerprint density at radius 1 is 1.38 bits per heavy atom. The lowest BCUT2D eigenvalue weighted by Crippen LogP contribution is -2.19. The normalized spacial score (nSPS) is 12.5. The van der Waals surface area contributed by atoms with Gasteiger partial charge in [-0.25, -0.2) is 4.98 Å². The number of benzene rings is 1. The Labute approximate surface area is 122 Å². The number of H-pyrrole nitrogens is 1. The molecule has 0 radical (unpaired) electrons. The van der Waals surface area contributed by atoms with E-state index in [9.17, 15) is 4.79 Å². The summed E-state index contributed by atoms with van der Waals surface area (Å²) in [5.74, 6) is 0.877. The number of aryl methyl sites for hydroxylation is 1. The summed E-state index contributed by atoms with van der Waals surface area (Å²) in [5, 5.41) is 4.47. The molecule has 0 bridgehead atoms. The number of anilines is 1. The summed E-state index contributed by atoms with van der Waals surface area (Å²) in [6.07, 6.45) is 4.42. The number of nitrogens with zero attached hydrogens (tertiary/aromatic N) is 2. The number of imidazole rings is 1. The van der Waals surface area contributed by atoms with Crippen LogP contribution in [0.15, 0.2) is 47.5 Å². The maximum atomic E-state index is 12.1. The molecule has 0 amide bonds. The fourth-order valence-electron chi connectivity index (χ4n) is 2.55. The van der Waals surface area contributed by atoms with Gasteiger partial charge >= 0.3 is 0 Å². The van der Waals surface area contributed by atoms with Crippen molar-refractivity contribution in [2.75, 3.05) is 5.32 Å². The average molecular weight is 282 g/mol. The number of para-hydroxylation sites is 1. The molecule has 3 rings (SSSR count). The first-order valence-corrected chi connectivity index (χ1v) is 7.05. The molecule has 0 saturated carbocycles. The Hall–Kier alpha value is -2.56. The smallest absolute Gasteiger partial charge is 0.252 e. The van der Waals surface area contributed by atoms with Crippen LogP contribution in [0.25, 0.3) is 10.9 Å². The third-order valence-corrected chi connectivity index (χ3v) is 3.74. The minimum absolute atomic E-state index is 0.0227. The number of aromatic amines is 1. The van der Waals surface area contributed by atoms with Gasteiger partial charge < -0.3 is 14.9 Å². The fraction of sp³-hybridized carbons (Fsp3) is 0.250. The second-order valence-electron chi connectivity index (χ2n) is 5.05. The summed E-state index contributed by atoms with van der Waals surface area (Å²) >= 11 is 0. The number of aromatic nitrogens is 3. The van der Waals surface area contributed by atoms with Gasteiger partial charge in [0.2, 0.25) is 0 Å². The van der Waals surface area contributed by atoms with Crippen molar-refractivity contribution in [3.05, 3.63) is 58.9 Å². The van der Waals surface area contributed by atoms with Crippen LogP contribution in [0.5, 0.6) is 0 Å². The monoisotopic (exact) mass is 282 g/mol. The molecule has 2 N–H and O–H groups in total. The van der Waals surface area contributed by atoms with E-state index in [-0.39, 0.29) is 11.6 Å². The van der Waals surface area contributed by atoms with Crippen LogP contribution < -0.4 is 10.9 Å². The van der Waals surface area contributed by atoms with E-state index in [1.165, 1.54) is 0 Å². The Morgan fingerprint density at radius 3 is 2.90 bits per heavy atom. The van der Waals surface area contributed by atoms with Crippen LogP contribution in [-0.4, -0.2) is 14.5 Å². The van der Waals surface area contributed by atoms with E-state index in [1.807, 2.05) is 30.5 Å². The zero-order valence-electron chi connectivity index (χ0n) is 12.1. The molecule has 1 atom stereocenters. The number of hydrogen-bond acceptors (Lipinski definition) is 3. The molecule has 21 heavy (non-hydrogen) atoms. The lowest BCUT2D eigenvalue weighted by Gasteiger charge is -2.18. The first-order valence-electron chi connectivity index (χ1n) is 7.05. The topological polar surface area (TPSA) is 62.7 Å². The van der Waals surface area contributed by atoms with Gasteiger partial charge in [-0.15, -0.1) is 0 Å². The van der Waals surface area contributed by atoms with Gasteiger partial charge in [0.1, 0.15) is 5.82 Å². The second kappa shape index (κ2) is 5.44. The van der Waals surface area contributed by atoms with Gasteiger partial charge in [-0.05, 0) is 12.5 Å². The third-order valence-electron chi connectivity index (χ3n) is 3.74. The predicted molar refractivity (Wildman–Crippen MR) is 84.4 cm³/mol. The first kappa shape index (κ1) is 13.4. The molecule has 0 spiro atoms. The highest BCUT2D eigenvalue weighted by Crippen LogP contribution is 2.25. The maximum Gasteiger partial charge on any atom is 0.252 e.